The molecule has 1 rings (SSSR count). The summed E-state index contributed by atoms with van der Waals surface area (Å²) in [7, 11) is 3.51. The van der Waals surface area contributed by atoms with Crippen molar-refractivity contribution >= 4 is 18.3 Å². The maximum atomic E-state index is 12.3. The summed E-state index contributed by atoms with van der Waals surface area (Å²) in [6.07, 6.45) is 1.36. The van der Waals surface area contributed by atoms with E-state index in [1.807, 2.05) is 31.3 Å². The van der Waals surface area contributed by atoms with Gasteiger partial charge in [-0.15, -0.1) is 12.4 Å². The van der Waals surface area contributed by atoms with Gasteiger partial charge in [0.15, 0.2) is 0 Å². The zero-order valence-corrected chi connectivity index (χ0v) is 15.7. The summed E-state index contributed by atoms with van der Waals surface area (Å²) in [6, 6.07) is 8.05. The average molecular weight is 343 g/mol. The summed E-state index contributed by atoms with van der Waals surface area (Å²) in [6.45, 7) is 7.01. The molecule has 2 unspecified atom stereocenters. The van der Waals surface area contributed by atoms with Gasteiger partial charge in [-0.2, -0.15) is 0 Å². The second kappa shape index (κ2) is 10.5. The van der Waals surface area contributed by atoms with Crippen LogP contribution in [0.2, 0.25) is 0 Å². The second-order valence-electron chi connectivity index (χ2n) is 6.39. The van der Waals surface area contributed by atoms with Gasteiger partial charge in [-0.3, -0.25) is 4.79 Å². The fourth-order valence-electron chi connectivity index (χ4n) is 2.27. The van der Waals surface area contributed by atoms with Gasteiger partial charge < -0.3 is 15.4 Å². The lowest BCUT2D eigenvalue weighted by atomic mass is 9.97. The van der Waals surface area contributed by atoms with Crippen LogP contribution in [0.15, 0.2) is 24.3 Å². The molecule has 1 aromatic rings. The van der Waals surface area contributed by atoms with E-state index < -0.39 is 0 Å². The van der Waals surface area contributed by atoms with Gasteiger partial charge >= 0.3 is 0 Å². The average Bonchev–Trinajstić information content (AvgIpc) is 2.51. The van der Waals surface area contributed by atoms with Crippen LogP contribution in [0.4, 0.5) is 0 Å². The molecule has 0 saturated carbocycles. The third-order valence-electron chi connectivity index (χ3n) is 4.25. The van der Waals surface area contributed by atoms with Crippen LogP contribution in [-0.4, -0.2) is 37.6 Å². The molecule has 132 valence electrons. The number of hydrogen-bond acceptors (Lipinski definition) is 3. The van der Waals surface area contributed by atoms with Crippen LogP contribution >= 0.6 is 12.4 Å². The highest BCUT2D eigenvalue weighted by Gasteiger charge is 2.16. The van der Waals surface area contributed by atoms with E-state index in [4.69, 9.17) is 10.5 Å². The predicted molar refractivity (Wildman–Crippen MR) is 98.3 cm³/mol. The highest BCUT2D eigenvalue weighted by Crippen LogP contribution is 2.22. The number of carbonyl (C=O) groups excluding carboxylic acids is 1. The molecule has 0 bridgehead atoms. The zero-order valence-electron chi connectivity index (χ0n) is 14.9. The molecule has 0 spiro atoms. The minimum absolute atomic E-state index is 0. The van der Waals surface area contributed by atoms with Crippen molar-refractivity contribution in [2.45, 2.75) is 45.6 Å². The minimum Gasteiger partial charge on any atom is -0.497 e. The van der Waals surface area contributed by atoms with Gasteiger partial charge in [-0.05, 0) is 36.0 Å². The lowest BCUT2D eigenvalue weighted by molar-refractivity contribution is -0.130. The van der Waals surface area contributed by atoms with Crippen LogP contribution in [-0.2, 0) is 4.79 Å². The summed E-state index contributed by atoms with van der Waals surface area (Å²) in [4.78, 5) is 14.1. The first-order valence-corrected chi connectivity index (χ1v) is 7.98. The Bertz CT molecular complexity index is 463. The van der Waals surface area contributed by atoms with E-state index in [1.165, 1.54) is 0 Å². The fraction of sp³-hybridized carbons (Fsp3) is 0.611. The third-order valence-corrected chi connectivity index (χ3v) is 4.25. The molecule has 0 saturated heterocycles. The van der Waals surface area contributed by atoms with Crippen molar-refractivity contribution in [3.8, 4) is 5.75 Å². The SMILES string of the molecule is COc1ccc(C(C)CC(=O)N(C)CCC(N)C(C)C)cc1.Cl. The highest BCUT2D eigenvalue weighted by molar-refractivity contribution is 5.85. The molecule has 1 aromatic carbocycles. The lowest BCUT2D eigenvalue weighted by Gasteiger charge is -2.23. The zero-order chi connectivity index (χ0) is 16.7. The molecule has 1 amide bonds. The highest BCUT2D eigenvalue weighted by atomic mass is 35.5. The van der Waals surface area contributed by atoms with E-state index in [-0.39, 0.29) is 30.3 Å². The Labute approximate surface area is 146 Å². The summed E-state index contributed by atoms with van der Waals surface area (Å²) in [5.74, 6) is 1.64. The number of methoxy groups -OCH3 is 1. The predicted octanol–water partition coefficient (Wildman–Crippen LogP) is 3.44. The number of nitrogens with two attached hydrogens (primary N) is 1. The number of amides is 1. The molecule has 0 radical (unpaired) electrons. The molecule has 5 heteroatoms. The Kier molecular flexibility index (Phi) is 9.93. The molecule has 23 heavy (non-hydrogen) atoms. The largest absolute Gasteiger partial charge is 0.497 e. The van der Waals surface area contributed by atoms with Gasteiger partial charge in [0, 0.05) is 26.1 Å². The van der Waals surface area contributed by atoms with Crippen molar-refractivity contribution in [2.24, 2.45) is 11.7 Å². The van der Waals surface area contributed by atoms with Gasteiger partial charge in [0.1, 0.15) is 5.75 Å². The Morgan fingerprint density at radius 3 is 2.26 bits per heavy atom. The van der Waals surface area contributed by atoms with Crippen LogP contribution < -0.4 is 10.5 Å². The van der Waals surface area contributed by atoms with Gasteiger partial charge in [0.2, 0.25) is 5.91 Å². The molecule has 2 N–H and O–H groups in total. The normalized spacial score (nSPS) is 13.2. The molecule has 0 aliphatic rings. The number of hydrogen-bond donors (Lipinski definition) is 1. The van der Waals surface area contributed by atoms with E-state index in [0.29, 0.717) is 18.9 Å². The first-order chi connectivity index (χ1) is 10.3. The van der Waals surface area contributed by atoms with Crippen LogP contribution in [0, 0.1) is 5.92 Å². The molecule has 0 aliphatic carbocycles. The molecule has 2 atom stereocenters. The Morgan fingerprint density at radius 1 is 1.22 bits per heavy atom. The number of halogens is 1. The van der Waals surface area contributed by atoms with E-state index >= 15 is 0 Å². The van der Waals surface area contributed by atoms with Gasteiger partial charge in [-0.25, -0.2) is 0 Å². The number of ether oxygens (including phenoxy) is 1. The van der Waals surface area contributed by atoms with Crippen LogP contribution in [0.3, 0.4) is 0 Å². The van der Waals surface area contributed by atoms with Gasteiger partial charge in [0.25, 0.3) is 0 Å². The maximum Gasteiger partial charge on any atom is 0.222 e. The van der Waals surface area contributed by atoms with E-state index in [1.54, 1.807) is 12.0 Å². The third kappa shape index (κ3) is 7.23. The van der Waals surface area contributed by atoms with Crippen molar-refractivity contribution in [3.63, 3.8) is 0 Å². The standard InChI is InChI=1S/C18H30N2O2.ClH/c1-13(2)17(19)10-11-20(4)18(21)12-14(3)15-6-8-16(22-5)9-7-15;/h6-9,13-14,17H,10-12,19H2,1-5H3;1H. The summed E-state index contributed by atoms with van der Waals surface area (Å²) >= 11 is 0. The minimum atomic E-state index is 0. The van der Waals surface area contributed by atoms with E-state index in [9.17, 15) is 4.79 Å². The van der Waals surface area contributed by atoms with Crippen molar-refractivity contribution < 1.29 is 9.53 Å². The Hall–Kier alpha value is -1.26. The maximum absolute atomic E-state index is 12.3. The van der Waals surface area contributed by atoms with Crippen LogP contribution in [0.1, 0.15) is 45.1 Å². The van der Waals surface area contributed by atoms with Gasteiger partial charge in [0.05, 0.1) is 7.11 Å². The van der Waals surface area contributed by atoms with E-state index in [2.05, 4.69) is 20.8 Å². The number of benzene rings is 1. The van der Waals surface area contributed by atoms with Crippen molar-refractivity contribution in [2.75, 3.05) is 20.7 Å². The number of nitrogens with zero attached hydrogens (tertiary/aromatic N) is 1. The van der Waals surface area contributed by atoms with Crippen molar-refractivity contribution in [1.29, 1.82) is 0 Å². The molecule has 0 aliphatic heterocycles. The summed E-state index contributed by atoms with van der Waals surface area (Å²) < 4.78 is 5.15. The monoisotopic (exact) mass is 342 g/mol. The number of carbonyl (C=O) groups is 1. The van der Waals surface area contributed by atoms with Crippen molar-refractivity contribution in [3.05, 3.63) is 29.8 Å². The topological polar surface area (TPSA) is 55.6 Å². The van der Waals surface area contributed by atoms with E-state index in [0.717, 1.165) is 17.7 Å². The molecular formula is C18H31ClN2O2. The first-order valence-electron chi connectivity index (χ1n) is 7.98. The smallest absolute Gasteiger partial charge is 0.222 e. The van der Waals surface area contributed by atoms with Crippen LogP contribution in [0.5, 0.6) is 5.75 Å². The summed E-state index contributed by atoms with van der Waals surface area (Å²) in [5.41, 5.74) is 7.19. The Balaban J connectivity index is 0.00000484. The fourth-order valence-corrected chi connectivity index (χ4v) is 2.27. The molecule has 4 nitrogen and oxygen atoms in total. The second-order valence-corrected chi connectivity index (χ2v) is 6.39. The molecule has 0 fully saturated rings. The lowest BCUT2D eigenvalue weighted by Crippen LogP contribution is -2.35. The summed E-state index contributed by atoms with van der Waals surface area (Å²) in [5, 5.41) is 0. The molecule has 0 heterocycles. The first kappa shape index (κ1) is 21.7. The molecule has 0 aromatic heterocycles. The Morgan fingerprint density at radius 2 is 1.78 bits per heavy atom. The van der Waals surface area contributed by atoms with Gasteiger partial charge in [-0.1, -0.05) is 32.9 Å². The van der Waals surface area contributed by atoms with Crippen LogP contribution in [0.25, 0.3) is 0 Å². The molecular weight excluding hydrogens is 312 g/mol. The van der Waals surface area contributed by atoms with Crippen molar-refractivity contribution in [1.82, 2.24) is 4.90 Å². The number of rotatable bonds is 8. The quantitative estimate of drug-likeness (QED) is 0.787.